The molecular formula is C25H20Br2N8O3S. The van der Waals surface area contributed by atoms with Gasteiger partial charge >= 0.3 is 6.03 Å². The molecule has 4 aromatic rings. The van der Waals surface area contributed by atoms with E-state index < -0.39 is 6.03 Å². The second-order valence-electron chi connectivity index (χ2n) is 8.25. The number of H-pyrrole nitrogens is 1. The van der Waals surface area contributed by atoms with Crippen LogP contribution in [-0.4, -0.2) is 58.8 Å². The molecule has 0 spiro atoms. The number of aromatic nitrogens is 3. The Morgan fingerprint density at radius 3 is 2.59 bits per heavy atom. The first-order valence-corrected chi connectivity index (χ1v) is 14.0. The highest BCUT2D eigenvalue weighted by molar-refractivity contribution is 9.11. The molecule has 14 heteroatoms. The molecule has 0 radical (unpaired) electrons. The summed E-state index contributed by atoms with van der Waals surface area (Å²) >= 11 is 7.99. The molecule has 39 heavy (non-hydrogen) atoms. The number of aromatic amines is 1. The number of carbonyl (C=O) groups is 1. The van der Waals surface area contributed by atoms with Gasteiger partial charge in [-0.2, -0.15) is 15.5 Å². The monoisotopic (exact) mass is 670 g/mol. The average molecular weight is 672 g/mol. The van der Waals surface area contributed by atoms with Gasteiger partial charge < -0.3 is 20.1 Å². The topological polar surface area (TPSA) is 152 Å². The number of morpholine rings is 1. The SMILES string of the molecule is N#Cc1c(N2CCOCC2)sc(-c2nc[nH]n2)c1-c1ccc(NC(=O)N/N=C/c2cc(Br)c(O)c(Br)c2)cc1. The molecule has 4 N–H and O–H groups in total. The number of phenols is 1. The number of hydrogen-bond acceptors (Lipinski definition) is 9. The van der Waals surface area contributed by atoms with Gasteiger partial charge in [0.05, 0.1) is 38.8 Å². The lowest BCUT2D eigenvalue weighted by Crippen LogP contribution is -2.36. The third kappa shape index (κ3) is 5.96. The number of carbonyl (C=O) groups excluding carboxylic acids is 1. The Bertz CT molecular complexity index is 1540. The van der Waals surface area contributed by atoms with Gasteiger partial charge in [-0.3, -0.25) is 5.10 Å². The summed E-state index contributed by atoms with van der Waals surface area (Å²) in [6, 6.07) is 12.4. The Morgan fingerprint density at radius 2 is 1.95 bits per heavy atom. The normalized spacial score (nSPS) is 13.4. The molecule has 2 aromatic heterocycles. The van der Waals surface area contributed by atoms with Crippen LogP contribution in [-0.2, 0) is 4.74 Å². The summed E-state index contributed by atoms with van der Waals surface area (Å²) in [5.41, 5.74) is 5.73. The number of phenolic OH excluding ortho intramolecular Hbond substituents is 1. The van der Waals surface area contributed by atoms with Crippen molar-refractivity contribution in [3.05, 3.63) is 62.8 Å². The van der Waals surface area contributed by atoms with Gasteiger partial charge in [0, 0.05) is 24.3 Å². The molecule has 1 saturated heterocycles. The quantitative estimate of drug-likeness (QED) is 0.161. The van der Waals surface area contributed by atoms with Gasteiger partial charge in [-0.25, -0.2) is 15.2 Å². The maximum Gasteiger partial charge on any atom is 0.339 e. The van der Waals surface area contributed by atoms with E-state index in [4.69, 9.17) is 4.74 Å². The van der Waals surface area contributed by atoms with Crippen LogP contribution < -0.4 is 15.6 Å². The van der Waals surface area contributed by atoms with E-state index in [1.807, 2.05) is 12.1 Å². The summed E-state index contributed by atoms with van der Waals surface area (Å²) < 4.78 is 6.48. The Balaban J connectivity index is 1.34. The summed E-state index contributed by atoms with van der Waals surface area (Å²) in [6.45, 7) is 2.60. The van der Waals surface area contributed by atoms with Crippen LogP contribution in [0.15, 0.2) is 56.8 Å². The number of ether oxygens (including phenoxy) is 1. The van der Waals surface area contributed by atoms with Gasteiger partial charge in [0.1, 0.15) is 23.1 Å². The molecule has 198 valence electrons. The Morgan fingerprint density at radius 1 is 1.23 bits per heavy atom. The lowest BCUT2D eigenvalue weighted by atomic mass is 10.0. The maximum absolute atomic E-state index is 12.4. The molecule has 11 nitrogen and oxygen atoms in total. The number of thiophene rings is 1. The van der Waals surface area contributed by atoms with Gasteiger partial charge in [0.2, 0.25) is 0 Å². The molecule has 5 rings (SSSR count). The lowest BCUT2D eigenvalue weighted by molar-refractivity contribution is 0.123. The number of hydrazone groups is 1. The fourth-order valence-electron chi connectivity index (χ4n) is 3.97. The molecule has 1 fully saturated rings. The first-order chi connectivity index (χ1) is 18.9. The van der Waals surface area contributed by atoms with Crippen molar-refractivity contribution < 1.29 is 14.6 Å². The number of aromatic hydroxyl groups is 1. The highest BCUT2D eigenvalue weighted by Crippen LogP contribution is 2.46. The Hall–Kier alpha value is -3.77. The number of hydrogen-bond donors (Lipinski definition) is 4. The molecule has 0 bridgehead atoms. The summed E-state index contributed by atoms with van der Waals surface area (Å²) in [7, 11) is 0. The van der Waals surface area contributed by atoms with Crippen molar-refractivity contribution in [2.45, 2.75) is 0 Å². The lowest BCUT2D eigenvalue weighted by Gasteiger charge is -2.27. The highest BCUT2D eigenvalue weighted by atomic mass is 79.9. The van der Waals surface area contributed by atoms with Crippen LogP contribution in [0, 0.1) is 11.3 Å². The van der Waals surface area contributed by atoms with E-state index in [-0.39, 0.29) is 5.75 Å². The van der Waals surface area contributed by atoms with E-state index in [2.05, 4.69) is 73.9 Å². The number of anilines is 2. The van der Waals surface area contributed by atoms with E-state index in [0.29, 0.717) is 57.9 Å². The fraction of sp³-hybridized carbons (Fsp3) is 0.160. The Kier molecular flexibility index (Phi) is 8.22. The smallest absolute Gasteiger partial charge is 0.339 e. The third-order valence-electron chi connectivity index (χ3n) is 5.77. The van der Waals surface area contributed by atoms with Crippen molar-refractivity contribution in [3.8, 4) is 33.6 Å². The number of benzene rings is 2. The number of nitriles is 1. The number of halogens is 2. The van der Waals surface area contributed by atoms with Gasteiger partial charge in [-0.05, 0) is 67.3 Å². The minimum Gasteiger partial charge on any atom is -0.506 e. The standard InChI is InChI=1S/C25H20Br2N8O3S/c26-18-9-14(10-19(27)21(18)36)12-30-34-25(37)32-16-3-1-15(2-4-16)20-17(11-28)24(35-5-7-38-8-6-35)39-22(20)23-29-13-31-33-23/h1-4,9-10,12-13,36H,5-8H2,(H,29,31,33)(H2,32,34,37)/b30-12+. The number of rotatable bonds is 6. The molecule has 1 aliphatic heterocycles. The van der Waals surface area contributed by atoms with E-state index in [1.54, 1.807) is 24.3 Å². The minimum absolute atomic E-state index is 0.0794. The van der Waals surface area contributed by atoms with Crippen LogP contribution in [0.3, 0.4) is 0 Å². The van der Waals surface area contributed by atoms with Gasteiger partial charge in [0.25, 0.3) is 0 Å². The van der Waals surface area contributed by atoms with Crippen LogP contribution >= 0.6 is 43.2 Å². The largest absolute Gasteiger partial charge is 0.506 e. The molecule has 0 saturated carbocycles. The minimum atomic E-state index is -0.528. The van der Waals surface area contributed by atoms with Crippen molar-refractivity contribution in [1.82, 2.24) is 20.6 Å². The first kappa shape index (κ1) is 26.8. The molecule has 3 heterocycles. The molecule has 0 atom stereocenters. The van der Waals surface area contributed by atoms with Crippen LogP contribution in [0.4, 0.5) is 15.5 Å². The van der Waals surface area contributed by atoms with E-state index >= 15 is 0 Å². The van der Waals surface area contributed by atoms with Gasteiger partial charge in [0.15, 0.2) is 5.82 Å². The van der Waals surface area contributed by atoms with E-state index in [9.17, 15) is 15.2 Å². The second-order valence-corrected chi connectivity index (χ2v) is 11.0. The molecule has 1 aliphatic rings. The summed E-state index contributed by atoms with van der Waals surface area (Å²) in [6.07, 6.45) is 2.96. The highest BCUT2D eigenvalue weighted by Gasteiger charge is 2.26. The molecule has 2 aromatic carbocycles. The summed E-state index contributed by atoms with van der Waals surface area (Å²) in [5, 5.41) is 34.5. The van der Waals surface area contributed by atoms with Crippen LogP contribution in [0.5, 0.6) is 5.75 Å². The summed E-state index contributed by atoms with van der Waals surface area (Å²) in [5.74, 6) is 0.592. The van der Waals surface area contributed by atoms with Crippen LogP contribution in [0.25, 0.3) is 21.8 Å². The predicted octanol–water partition coefficient (Wildman–Crippen LogP) is 5.29. The van der Waals surface area contributed by atoms with Crippen LogP contribution in [0.2, 0.25) is 0 Å². The fourth-order valence-corrected chi connectivity index (χ4v) is 6.46. The molecular weight excluding hydrogens is 652 g/mol. The van der Waals surface area contributed by atoms with Gasteiger partial charge in [-0.1, -0.05) is 12.1 Å². The average Bonchev–Trinajstić information content (AvgIpc) is 3.61. The number of urea groups is 1. The van der Waals surface area contributed by atoms with Crippen LogP contribution in [0.1, 0.15) is 11.1 Å². The van der Waals surface area contributed by atoms with Crippen molar-refractivity contribution in [2.24, 2.45) is 5.10 Å². The molecule has 0 aliphatic carbocycles. The third-order valence-corrected chi connectivity index (χ3v) is 8.22. The van der Waals surface area contributed by atoms with E-state index in [1.165, 1.54) is 23.9 Å². The zero-order valence-corrected chi connectivity index (χ0v) is 24.1. The van der Waals surface area contributed by atoms with Gasteiger partial charge in [-0.15, -0.1) is 11.3 Å². The number of nitrogens with one attached hydrogen (secondary N) is 3. The zero-order chi connectivity index (χ0) is 27.4. The second kappa shape index (κ2) is 12.0. The van der Waals surface area contributed by atoms with E-state index in [0.717, 1.165) is 21.0 Å². The van der Waals surface area contributed by atoms with Crippen molar-refractivity contribution >= 4 is 66.1 Å². The zero-order valence-electron chi connectivity index (χ0n) is 20.1. The predicted molar refractivity (Wildman–Crippen MR) is 156 cm³/mol. The summed E-state index contributed by atoms with van der Waals surface area (Å²) in [4.78, 5) is 19.6. The Labute approximate surface area is 243 Å². The molecule has 2 amide bonds. The van der Waals surface area contributed by atoms with Crippen molar-refractivity contribution in [1.29, 1.82) is 5.26 Å². The van der Waals surface area contributed by atoms with Crippen molar-refractivity contribution in [3.63, 3.8) is 0 Å². The first-order valence-electron chi connectivity index (χ1n) is 11.6. The maximum atomic E-state index is 12.4. The molecule has 0 unspecified atom stereocenters. The number of amides is 2. The van der Waals surface area contributed by atoms with Crippen molar-refractivity contribution in [2.75, 3.05) is 36.5 Å². The number of nitrogens with zero attached hydrogens (tertiary/aromatic N) is 5.